The molecule has 0 spiro atoms. The van der Waals surface area contributed by atoms with Gasteiger partial charge in [-0.1, -0.05) is 48.5 Å². The van der Waals surface area contributed by atoms with E-state index in [-0.39, 0.29) is 11.4 Å². The Hall–Kier alpha value is -3.60. The molecule has 10 heteroatoms. The molecule has 2 aliphatic rings. The van der Waals surface area contributed by atoms with Crippen LogP contribution in [-0.4, -0.2) is 54.8 Å². The van der Waals surface area contributed by atoms with E-state index in [9.17, 15) is 14.4 Å². The van der Waals surface area contributed by atoms with E-state index in [0.29, 0.717) is 31.3 Å². The Morgan fingerprint density at radius 1 is 1.03 bits per heavy atom. The number of benzene rings is 3. The number of imide groups is 1. The number of carbonyl (C=O) groups is 3. The monoisotopic (exact) mass is 607 g/mol. The molecule has 2 aliphatic heterocycles. The van der Waals surface area contributed by atoms with Gasteiger partial charge >= 0.3 is 0 Å². The first-order valence-electron chi connectivity index (χ1n) is 12.4. The van der Waals surface area contributed by atoms with Gasteiger partial charge in [-0.25, -0.2) is 0 Å². The maximum Gasteiger partial charge on any atom is 0.294 e. The minimum absolute atomic E-state index is 0.256. The molecular weight excluding hydrogens is 582 g/mol. The Balaban J connectivity index is 1.22. The van der Waals surface area contributed by atoms with Crippen LogP contribution in [-0.2, 0) is 20.9 Å². The molecule has 39 heavy (non-hydrogen) atoms. The molecule has 5 rings (SSSR count). The van der Waals surface area contributed by atoms with Gasteiger partial charge in [-0.2, -0.15) is 0 Å². The zero-order valence-corrected chi connectivity index (χ0v) is 23.4. The van der Waals surface area contributed by atoms with Crippen molar-refractivity contribution < 1.29 is 23.9 Å². The lowest BCUT2D eigenvalue weighted by atomic mass is 10.2. The number of morpholine rings is 1. The first-order valence-corrected chi connectivity index (χ1v) is 14.0. The summed E-state index contributed by atoms with van der Waals surface area (Å²) in [5.74, 6) is -0.276. The molecule has 1 N–H and O–H groups in total. The van der Waals surface area contributed by atoms with E-state index in [2.05, 4.69) is 26.1 Å². The third-order valence-electron chi connectivity index (χ3n) is 6.20. The molecule has 0 atom stereocenters. The number of amides is 3. The van der Waals surface area contributed by atoms with Gasteiger partial charge in [-0.3, -0.25) is 19.3 Å². The molecule has 0 unspecified atom stereocenters. The van der Waals surface area contributed by atoms with Crippen LogP contribution in [0.3, 0.4) is 0 Å². The molecule has 2 saturated heterocycles. The number of para-hydroxylation sites is 2. The van der Waals surface area contributed by atoms with E-state index in [1.54, 1.807) is 6.08 Å². The van der Waals surface area contributed by atoms with Gasteiger partial charge in [-0.15, -0.1) is 0 Å². The average molecular weight is 609 g/mol. The van der Waals surface area contributed by atoms with Crippen molar-refractivity contribution in [1.82, 2.24) is 4.90 Å². The van der Waals surface area contributed by atoms with Crippen molar-refractivity contribution in [2.45, 2.75) is 6.61 Å². The van der Waals surface area contributed by atoms with Crippen LogP contribution in [0.1, 0.15) is 11.1 Å². The third kappa shape index (κ3) is 6.70. The Morgan fingerprint density at radius 3 is 2.54 bits per heavy atom. The van der Waals surface area contributed by atoms with Crippen LogP contribution in [0, 0.1) is 0 Å². The second-order valence-corrected chi connectivity index (χ2v) is 10.7. The van der Waals surface area contributed by atoms with Crippen LogP contribution in [0.15, 0.2) is 82.2 Å². The summed E-state index contributed by atoms with van der Waals surface area (Å²) in [5, 5.41) is 2.38. The lowest BCUT2D eigenvalue weighted by Gasteiger charge is -2.30. The van der Waals surface area contributed by atoms with Gasteiger partial charge in [0.25, 0.3) is 11.1 Å². The molecule has 8 nitrogen and oxygen atoms in total. The first kappa shape index (κ1) is 27.0. The van der Waals surface area contributed by atoms with E-state index in [1.807, 2.05) is 72.8 Å². The molecular formula is C29H26BrN3O5S. The Morgan fingerprint density at radius 2 is 1.77 bits per heavy atom. The highest BCUT2D eigenvalue weighted by Gasteiger charge is 2.36. The number of halogens is 1. The van der Waals surface area contributed by atoms with Crippen molar-refractivity contribution >= 4 is 62.2 Å². The molecule has 3 amide bonds. The van der Waals surface area contributed by atoms with Crippen LogP contribution in [0.4, 0.5) is 16.2 Å². The molecule has 0 radical (unpaired) electrons. The number of nitrogens with one attached hydrogen (secondary N) is 1. The summed E-state index contributed by atoms with van der Waals surface area (Å²) in [4.78, 5) is 41.9. The number of hydrogen-bond donors (Lipinski definition) is 1. The summed E-state index contributed by atoms with van der Waals surface area (Å²) in [5.41, 5.74) is 3.29. The molecule has 3 aromatic carbocycles. The van der Waals surface area contributed by atoms with Gasteiger partial charge < -0.3 is 19.7 Å². The van der Waals surface area contributed by atoms with Crippen molar-refractivity contribution in [3.63, 3.8) is 0 Å². The summed E-state index contributed by atoms with van der Waals surface area (Å²) >= 11 is 4.34. The van der Waals surface area contributed by atoms with Gasteiger partial charge in [0, 0.05) is 13.1 Å². The van der Waals surface area contributed by atoms with E-state index in [1.165, 1.54) is 0 Å². The van der Waals surface area contributed by atoms with Gasteiger partial charge in [-0.05, 0) is 69.2 Å². The van der Waals surface area contributed by atoms with Crippen molar-refractivity contribution in [3.8, 4) is 5.75 Å². The number of thioether (sulfide) groups is 1. The van der Waals surface area contributed by atoms with Gasteiger partial charge in [0.2, 0.25) is 5.91 Å². The fraction of sp³-hybridized carbons (Fsp3) is 0.207. The summed E-state index contributed by atoms with van der Waals surface area (Å²) in [6, 6.07) is 22.8. The quantitative estimate of drug-likeness (QED) is 0.336. The van der Waals surface area contributed by atoms with Crippen LogP contribution < -0.4 is 15.0 Å². The Labute approximate surface area is 239 Å². The summed E-state index contributed by atoms with van der Waals surface area (Å²) in [7, 11) is 0. The molecule has 0 saturated carbocycles. The minimum atomic E-state index is -0.498. The second kappa shape index (κ2) is 12.5. The molecule has 2 heterocycles. The molecule has 2 fully saturated rings. The largest absolute Gasteiger partial charge is 0.488 e. The smallest absolute Gasteiger partial charge is 0.294 e. The fourth-order valence-electron chi connectivity index (χ4n) is 4.24. The van der Waals surface area contributed by atoms with Crippen molar-refractivity contribution in [1.29, 1.82) is 0 Å². The summed E-state index contributed by atoms with van der Waals surface area (Å²) < 4.78 is 12.0. The third-order valence-corrected chi connectivity index (χ3v) is 7.72. The van der Waals surface area contributed by atoms with Crippen LogP contribution in [0.2, 0.25) is 0 Å². The summed E-state index contributed by atoms with van der Waals surface area (Å²) in [6.07, 6.45) is 1.64. The predicted molar refractivity (Wildman–Crippen MR) is 156 cm³/mol. The van der Waals surface area contributed by atoms with Crippen molar-refractivity contribution in [2.75, 3.05) is 43.1 Å². The second-order valence-electron chi connectivity index (χ2n) is 8.90. The van der Waals surface area contributed by atoms with Crippen molar-refractivity contribution in [3.05, 3.63) is 93.3 Å². The highest BCUT2D eigenvalue weighted by atomic mass is 79.9. The maximum absolute atomic E-state index is 13.0. The number of carbonyl (C=O) groups excluding carboxylic acids is 3. The number of nitrogens with zero attached hydrogens (tertiary/aromatic N) is 2. The average Bonchev–Trinajstić information content (AvgIpc) is 3.21. The highest BCUT2D eigenvalue weighted by molar-refractivity contribution is 9.10. The van der Waals surface area contributed by atoms with E-state index >= 15 is 0 Å². The zero-order chi connectivity index (χ0) is 27.2. The number of rotatable bonds is 8. The Kier molecular flexibility index (Phi) is 8.65. The maximum atomic E-state index is 13.0. The van der Waals surface area contributed by atoms with Gasteiger partial charge in [0.1, 0.15) is 18.9 Å². The number of hydrogen-bond acceptors (Lipinski definition) is 7. The highest BCUT2D eigenvalue weighted by Crippen LogP contribution is 2.34. The number of ether oxygens (including phenoxy) is 2. The molecule has 3 aromatic rings. The summed E-state index contributed by atoms with van der Waals surface area (Å²) in [6.45, 7) is 2.73. The topological polar surface area (TPSA) is 88.2 Å². The molecule has 0 aliphatic carbocycles. The van der Waals surface area contributed by atoms with E-state index in [4.69, 9.17) is 9.47 Å². The molecule has 200 valence electrons. The van der Waals surface area contributed by atoms with Gasteiger partial charge in [0.05, 0.1) is 34.0 Å². The van der Waals surface area contributed by atoms with Crippen molar-refractivity contribution in [2.24, 2.45) is 0 Å². The molecule has 0 bridgehead atoms. The first-order chi connectivity index (χ1) is 19.0. The fourth-order valence-corrected chi connectivity index (χ4v) is 5.59. The van der Waals surface area contributed by atoms with Crippen LogP contribution in [0.25, 0.3) is 6.08 Å². The minimum Gasteiger partial charge on any atom is -0.488 e. The van der Waals surface area contributed by atoms with E-state index < -0.39 is 17.1 Å². The van der Waals surface area contributed by atoms with Crippen LogP contribution >= 0.6 is 27.7 Å². The van der Waals surface area contributed by atoms with E-state index in [0.717, 1.165) is 51.0 Å². The zero-order valence-electron chi connectivity index (χ0n) is 21.0. The predicted octanol–water partition coefficient (Wildman–Crippen LogP) is 5.54. The standard InChI is InChI=1S/C29H26BrN3O5S/c30-22-16-21(10-11-25(22)38-19-20-6-2-1-3-7-20)17-26-28(35)33(29(36)39-26)18-27(34)31-23-8-4-5-9-24(23)32-12-14-37-15-13-32/h1-11,16-17H,12-15,18-19H2,(H,31,34)/b26-17+. The lowest BCUT2D eigenvalue weighted by molar-refractivity contribution is -0.127. The van der Waals surface area contributed by atoms with Crippen LogP contribution in [0.5, 0.6) is 5.75 Å². The number of anilines is 2. The Bertz CT molecular complexity index is 1410. The normalized spacial score (nSPS) is 16.6. The molecule has 0 aromatic heterocycles. The van der Waals surface area contributed by atoms with Gasteiger partial charge in [0.15, 0.2) is 0 Å². The lowest BCUT2D eigenvalue weighted by Crippen LogP contribution is -2.38. The SMILES string of the molecule is O=C(CN1C(=O)S/C(=C/c2ccc(OCc3ccccc3)c(Br)c2)C1=O)Nc1ccccc1N1CCOCC1.